The highest BCUT2D eigenvalue weighted by Gasteiger charge is 2.04. The predicted octanol–water partition coefficient (Wildman–Crippen LogP) is 4.06. The average molecular weight is 310 g/mol. The lowest BCUT2D eigenvalue weighted by atomic mass is 10.1. The van der Waals surface area contributed by atoms with Crippen molar-refractivity contribution in [3.63, 3.8) is 0 Å². The molecule has 0 saturated heterocycles. The normalized spacial score (nSPS) is 10.4. The van der Waals surface area contributed by atoms with Gasteiger partial charge in [0.15, 0.2) is 0 Å². The third-order valence-electron chi connectivity index (χ3n) is 2.77. The van der Waals surface area contributed by atoms with E-state index in [0.717, 1.165) is 16.8 Å². The summed E-state index contributed by atoms with van der Waals surface area (Å²) in [7, 11) is 0. The van der Waals surface area contributed by atoms with E-state index in [-0.39, 0.29) is 5.82 Å². The quantitative estimate of drug-likeness (QED) is 0.868. The number of benzene rings is 2. The number of hydrogen-bond acceptors (Lipinski definition) is 2. The van der Waals surface area contributed by atoms with Gasteiger partial charge < -0.3 is 10.5 Å². The minimum absolute atomic E-state index is 0.303. The van der Waals surface area contributed by atoms with Gasteiger partial charge in [-0.2, -0.15) is 0 Å². The second-order valence-corrected chi connectivity index (χ2v) is 4.85. The fourth-order valence-electron chi connectivity index (χ4n) is 1.59. The molecule has 0 radical (unpaired) electrons. The lowest BCUT2D eigenvalue weighted by molar-refractivity contribution is 0.305. The van der Waals surface area contributed by atoms with Crippen molar-refractivity contribution in [1.82, 2.24) is 0 Å². The molecule has 0 atom stereocenters. The molecule has 0 aromatic heterocycles. The number of anilines is 1. The molecule has 2 nitrogen and oxygen atoms in total. The van der Waals surface area contributed by atoms with Crippen LogP contribution in [0.25, 0.3) is 0 Å². The van der Waals surface area contributed by atoms with E-state index < -0.39 is 0 Å². The van der Waals surface area contributed by atoms with Gasteiger partial charge in [0.25, 0.3) is 0 Å². The van der Waals surface area contributed by atoms with Crippen LogP contribution >= 0.6 is 15.9 Å². The lowest BCUT2D eigenvalue weighted by Crippen LogP contribution is -2.00. The van der Waals surface area contributed by atoms with E-state index in [9.17, 15) is 4.39 Å². The maximum atomic E-state index is 13.1. The molecule has 18 heavy (non-hydrogen) atoms. The Kier molecular flexibility index (Phi) is 3.87. The molecule has 4 heteroatoms. The maximum absolute atomic E-state index is 13.1. The Morgan fingerprint density at radius 2 is 2.06 bits per heavy atom. The van der Waals surface area contributed by atoms with Gasteiger partial charge in [-0.25, -0.2) is 4.39 Å². The summed E-state index contributed by atoms with van der Waals surface area (Å²) in [5, 5.41) is 0. The van der Waals surface area contributed by atoms with Crippen LogP contribution in [-0.2, 0) is 6.61 Å². The van der Waals surface area contributed by atoms with Crippen molar-refractivity contribution in [2.45, 2.75) is 13.5 Å². The van der Waals surface area contributed by atoms with Crippen molar-refractivity contribution in [1.29, 1.82) is 0 Å². The first-order chi connectivity index (χ1) is 8.58. The summed E-state index contributed by atoms with van der Waals surface area (Å²) in [6.07, 6.45) is 0. The Labute approximate surface area is 114 Å². The minimum atomic E-state index is -0.303. The number of nitrogen functional groups attached to an aromatic ring is 1. The summed E-state index contributed by atoms with van der Waals surface area (Å²) in [5.41, 5.74) is 8.60. The van der Waals surface area contributed by atoms with Gasteiger partial charge in [0.1, 0.15) is 18.2 Å². The average Bonchev–Trinajstić information content (AvgIpc) is 2.35. The Morgan fingerprint density at radius 1 is 1.28 bits per heavy atom. The first-order valence-corrected chi connectivity index (χ1v) is 6.29. The van der Waals surface area contributed by atoms with Crippen LogP contribution in [0.3, 0.4) is 0 Å². The molecule has 0 amide bonds. The van der Waals surface area contributed by atoms with Crippen molar-refractivity contribution < 1.29 is 9.13 Å². The topological polar surface area (TPSA) is 35.2 Å². The van der Waals surface area contributed by atoms with Crippen LogP contribution in [0.5, 0.6) is 5.75 Å². The molecule has 2 aromatic rings. The summed E-state index contributed by atoms with van der Waals surface area (Å²) < 4.78 is 19.1. The molecule has 0 aliphatic rings. The van der Waals surface area contributed by atoms with E-state index >= 15 is 0 Å². The summed E-state index contributed by atoms with van der Waals surface area (Å²) in [6, 6.07) is 10.3. The fourth-order valence-corrected chi connectivity index (χ4v) is 1.95. The highest BCUT2D eigenvalue weighted by atomic mass is 79.9. The maximum Gasteiger partial charge on any atom is 0.137 e. The first-order valence-electron chi connectivity index (χ1n) is 5.50. The van der Waals surface area contributed by atoms with Crippen LogP contribution in [0.15, 0.2) is 40.9 Å². The minimum Gasteiger partial charge on any atom is -0.489 e. The van der Waals surface area contributed by atoms with Crippen LogP contribution < -0.4 is 10.5 Å². The van der Waals surface area contributed by atoms with Crippen molar-refractivity contribution in [2.75, 3.05) is 5.73 Å². The number of nitrogens with two attached hydrogens (primary N) is 1. The number of ether oxygens (including phenoxy) is 1. The van der Waals surface area contributed by atoms with Gasteiger partial charge in [-0.3, -0.25) is 0 Å². The van der Waals surface area contributed by atoms with Crippen molar-refractivity contribution in [2.24, 2.45) is 0 Å². The van der Waals surface area contributed by atoms with Gasteiger partial charge in [-0.1, -0.05) is 12.1 Å². The molecule has 0 aliphatic heterocycles. The van der Waals surface area contributed by atoms with E-state index in [0.29, 0.717) is 16.8 Å². The Morgan fingerprint density at radius 3 is 2.78 bits per heavy atom. The van der Waals surface area contributed by atoms with E-state index in [4.69, 9.17) is 10.5 Å². The van der Waals surface area contributed by atoms with E-state index in [2.05, 4.69) is 15.9 Å². The van der Waals surface area contributed by atoms with Crippen LogP contribution in [0.2, 0.25) is 0 Å². The zero-order valence-electron chi connectivity index (χ0n) is 9.91. The monoisotopic (exact) mass is 309 g/mol. The third-order valence-corrected chi connectivity index (χ3v) is 3.38. The number of rotatable bonds is 3. The highest BCUT2D eigenvalue weighted by Crippen LogP contribution is 2.23. The highest BCUT2D eigenvalue weighted by molar-refractivity contribution is 9.10. The molecule has 2 rings (SSSR count). The molecule has 0 unspecified atom stereocenters. The lowest BCUT2D eigenvalue weighted by Gasteiger charge is -2.10. The summed E-state index contributed by atoms with van der Waals surface area (Å²) in [6.45, 7) is 2.36. The molecule has 2 aromatic carbocycles. The molecule has 0 bridgehead atoms. The molecule has 2 N–H and O–H groups in total. The Bertz CT molecular complexity index is 572. The van der Waals surface area contributed by atoms with Gasteiger partial charge >= 0.3 is 0 Å². The second kappa shape index (κ2) is 5.40. The van der Waals surface area contributed by atoms with Crippen LogP contribution in [0.4, 0.5) is 10.1 Å². The molecule has 0 spiro atoms. The van der Waals surface area contributed by atoms with E-state index in [1.54, 1.807) is 12.1 Å². The molecular weight excluding hydrogens is 297 g/mol. The zero-order chi connectivity index (χ0) is 13.1. The van der Waals surface area contributed by atoms with Crippen molar-refractivity contribution in [3.8, 4) is 5.75 Å². The standard InChI is InChI=1S/C14H13BrFNO/c1-9-10(3-2-4-14(9)17)8-18-11-5-6-13(16)12(15)7-11/h2-7H,8,17H2,1H3. The predicted molar refractivity (Wildman–Crippen MR) is 74.0 cm³/mol. The number of halogens is 2. The van der Waals surface area contributed by atoms with Gasteiger partial charge in [-0.05, 0) is 58.2 Å². The molecule has 0 heterocycles. The molecule has 0 saturated carbocycles. The molecular formula is C14H13BrFNO. The van der Waals surface area contributed by atoms with Gasteiger partial charge in [-0.15, -0.1) is 0 Å². The Hall–Kier alpha value is -1.55. The Balaban J connectivity index is 2.11. The fraction of sp³-hybridized carbons (Fsp3) is 0.143. The number of hydrogen-bond donors (Lipinski definition) is 1. The SMILES string of the molecule is Cc1c(N)cccc1COc1ccc(F)c(Br)c1. The van der Waals surface area contributed by atoms with Crippen molar-refractivity contribution >= 4 is 21.6 Å². The van der Waals surface area contributed by atoms with Crippen molar-refractivity contribution in [3.05, 3.63) is 57.8 Å². The summed E-state index contributed by atoms with van der Waals surface area (Å²) in [4.78, 5) is 0. The molecule has 0 aliphatic carbocycles. The van der Waals surface area contributed by atoms with Crippen LogP contribution in [-0.4, -0.2) is 0 Å². The smallest absolute Gasteiger partial charge is 0.137 e. The van der Waals surface area contributed by atoms with E-state index in [1.807, 2.05) is 25.1 Å². The second-order valence-electron chi connectivity index (χ2n) is 4.00. The zero-order valence-corrected chi connectivity index (χ0v) is 11.5. The molecule has 0 fully saturated rings. The molecule has 94 valence electrons. The summed E-state index contributed by atoms with van der Waals surface area (Å²) >= 11 is 3.12. The summed E-state index contributed by atoms with van der Waals surface area (Å²) in [5.74, 6) is 0.313. The van der Waals surface area contributed by atoms with Crippen LogP contribution in [0.1, 0.15) is 11.1 Å². The van der Waals surface area contributed by atoms with Crippen LogP contribution in [0, 0.1) is 12.7 Å². The third kappa shape index (κ3) is 2.82. The van der Waals surface area contributed by atoms with Gasteiger partial charge in [0.05, 0.1) is 4.47 Å². The first kappa shape index (κ1) is 12.9. The van der Waals surface area contributed by atoms with E-state index in [1.165, 1.54) is 6.07 Å². The van der Waals surface area contributed by atoms with Gasteiger partial charge in [0.2, 0.25) is 0 Å². The van der Waals surface area contributed by atoms with Gasteiger partial charge in [0, 0.05) is 5.69 Å². The largest absolute Gasteiger partial charge is 0.489 e.